The molecule has 0 aromatic heterocycles. The highest BCUT2D eigenvalue weighted by Gasteiger charge is 2.29. The highest BCUT2D eigenvalue weighted by Crippen LogP contribution is 2.22. The van der Waals surface area contributed by atoms with Gasteiger partial charge in [0.15, 0.2) is 0 Å². The third kappa shape index (κ3) is 2.94. The van der Waals surface area contributed by atoms with Crippen molar-refractivity contribution in [2.45, 2.75) is 30.4 Å². The Morgan fingerprint density at radius 3 is 2.84 bits per heavy atom. The van der Waals surface area contributed by atoms with Crippen molar-refractivity contribution in [3.8, 4) is 0 Å². The van der Waals surface area contributed by atoms with Crippen LogP contribution in [-0.2, 0) is 16.6 Å². The first-order valence-electron chi connectivity index (χ1n) is 6.12. The number of hydrogen-bond donors (Lipinski definition) is 2. The summed E-state index contributed by atoms with van der Waals surface area (Å²) in [6.07, 6.45) is 0.576. The number of β-amino-alcohol motifs (C(OH)–C–C–N with tert-alkyl or cyclic N) is 1. The van der Waals surface area contributed by atoms with E-state index >= 15 is 0 Å². The Hall–Kier alpha value is -1.02. The Balaban J connectivity index is 2.33. The van der Waals surface area contributed by atoms with Gasteiger partial charge in [-0.15, -0.1) is 0 Å². The fraction of sp³-hybridized carbons (Fsp3) is 0.500. The Kier molecular flexibility index (Phi) is 4.19. The second-order valence-corrected chi connectivity index (χ2v) is 6.55. The number of nitrogens with two attached hydrogens (primary N) is 1. The molecule has 1 aromatic carbocycles. The molecule has 1 atom stereocenters. The number of aliphatic hydroxyl groups excluding tert-OH is 1. The number of piperidine rings is 1. The van der Waals surface area contributed by atoms with E-state index in [2.05, 4.69) is 0 Å². The van der Waals surface area contributed by atoms with Crippen LogP contribution in [0.25, 0.3) is 0 Å². The summed E-state index contributed by atoms with van der Waals surface area (Å²) in [6.45, 7) is 0.393. The Morgan fingerprint density at radius 1 is 1.47 bits per heavy atom. The van der Waals surface area contributed by atoms with Gasteiger partial charge in [0.25, 0.3) is 0 Å². The van der Waals surface area contributed by atoms with E-state index < -0.39 is 21.9 Å². The number of rotatable bonds is 3. The average molecular weight is 288 g/mol. The predicted molar refractivity (Wildman–Crippen MR) is 68.3 cm³/mol. The molecule has 1 aliphatic heterocycles. The third-order valence-electron chi connectivity index (χ3n) is 3.23. The van der Waals surface area contributed by atoms with Crippen LogP contribution >= 0.6 is 0 Å². The van der Waals surface area contributed by atoms with Gasteiger partial charge in [0.2, 0.25) is 10.0 Å². The molecule has 5 nitrogen and oxygen atoms in total. The SMILES string of the molecule is NCc1cc(S(=O)(=O)N2CCCC(O)C2)ccc1F. The first-order chi connectivity index (χ1) is 8.95. The van der Waals surface area contributed by atoms with E-state index in [4.69, 9.17) is 5.73 Å². The average Bonchev–Trinajstić information content (AvgIpc) is 2.39. The second-order valence-electron chi connectivity index (χ2n) is 4.62. The highest BCUT2D eigenvalue weighted by molar-refractivity contribution is 7.89. The number of halogens is 1. The molecule has 1 heterocycles. The maximum absolute atomic E-state index is 13.3. The summed E-state index contributed by atoms with van der Waals surface area (Å²) in [5, 5.41) is 9.55. The van der Waals surface area contributed by atoms with Crippen LogP contribution in [0.2, 0.25) is 0 Å². The molecule has 106 valence electrons. The van der Waals surface area contributed by atoms with Crippen LogP contribution in [0.1, 0.15) is 18.4 Å². The monoisotopic (exact) mass is 288 g/mol. The zero-order valence-electron chi connectivity index (χ0n) is 10.4. The van der Waals surface area contributed by atoms with Gasteiger partial charge >= 0.3 is 0 Å². The number of hydrogen-bond acceptors (Lipinski definition) is 4. The molecule has 1 aliphatic rings. The summed E-state index contributed by atoms with van der Waals surface area (Å²) in [5.74, 6) is -0.514. The Labute approximate surface area is 111 Å². The molecule has 0 bridgehead atoms. The molecule has 0 radical (unpaired) electrons. The first kappa shape index (κ1) is 14.4. The molecular weight excluding hydrogens is 271 g/mol. The predicted octanol–water partition coefficient (Wildman–Crippen LogP) is 0.430. The van der Waals surface area contributed by atoms with Gasteiger partial charge < -0.3 is 10.8 Å². The summed E-state index contributed by atoms with van der Waals surface area (Å²) in [6, 6.07) is 3.59. The maximum Gasteiger partial charge on any atom is 0.243 e. The van der Waals surface area contributed by atoms with Gasteiger partial charge in [-0.2, -0.15) is 4.31 Å². The molecule has 0 saturated carbocycles. The summed E-state index contributed by atoms with van der Waals surface area (Å²) in [5.41, 5.74) is 5.54. The molecule has 1 aromatic rings. The van der Waals surface area contributed by atoms with E-state index in [-0.39, 0.29) is 23.5 Å². The lowest BCUT2D eigenvalue weighted by atomic mass is 10.1. The molecule has 1 saturated heterocycles. The van der Waals surface area contributed by atoms with Crippen LogP contribution in [0, 0.1) is 5.82 Å². The minimum absolute atomic E-state index is 0.0171. The lowest BCUT2D eigenvalue weighted by Crippen LogP contribution is -2.42. The maximum atomic E-state index is 13.3. The van der Waals surface area contributed by atoms with Crippen LogP contribution in [0.5, 0.6) is 0 Å². The van der Waals surface area contributed by atoms with E-state index in [9.17, 15) is 17.9 Å². The standard InChI is InChI=1S/C12H17FN2O3S/c13-12-4-3-11(6-9(12)7-14)19(17,18)15-5-1-2-10(16)8-15/h3-4,6,10,16H,1-2,5,7-8,14H2. The van der Waals surface area contributed by atoms with E-state index in [0.29, 0.717) is 19.4 Å². The van der Waals surface area contributed by atoms with Crippen LogP contribution in [-0.4, -0.2) is 37.0 Å². The molecule has 2 rings (SSSR count). The summed E-state index contributed by atoms with van der Waals surface area (Å²) in [4.78, 5) is 0.0171. The zero-order valence-corrected chi connectivity index (χ0v) is 11.2. The smallest absolute Gasteiger partial charge is 0.243 e. The van der Waals surface area contributed by atoms with Crippen molar-refractivity contribution in [1.82, 2.24) is 4.31 Å². The lowest BCUT2D eigenvalue weighted by molar-refractivity contribution is 0.108. The van der Waals surface area contributed by atoms with Crippen molar-refractivity contribution in [1.29, 1.82) is 0 Å². The molecule has 1 fully saturated rings. The van der Waals surface area contributed by atoms with Gasteiger partial charge in [0.05, 0.1) is 11.0 Å². The number of aliphatic hydroxyl groups is 1. The van der Waals surface area contributed by atoms with E-state index in [1.54, 1.807) is 0 Å². The molecule has 3 N–H and O–H groups in total. The molecule has 7 heteroatoms. The van der Waals surface area contributed by atoms with Gasteiger partial charge in [-0.25, -0.2) is 12.8 Å². The van der Waals surface area contributed by atoms with Gasteiger partial charge in [0.1, 0.15) is 5.82 Å². The van der Waals surface area contributed by atoms with Gasteiger partial charge in [-0.05, 0) is 31.0 Å². The molecule has 0 spiro atoms. The van der Waals surface area contributed by atoms with E-state index in [1.807, 2.05) is 0 Å². The van der Waals surface area contributed by atoms with Crippen LogP contribution in [0.4, 0.5) is 4.39 Å². The molecule has 0 amide bonds. The van der Waals surface area contributed by atoms with Crippen molar-refractivity contribution >= 4 is 10.0 Å². The Bertz CT molecular complexity index is 562. The van der Waals surface area contributed by atoms with Crippen molar-refractivity contribution in [3.05, 3.63) is 29.6 Å². The topological polar surface area (TPSA) is 83.6 Å². The summed E-state index contributed by atoms with van der Waals surface area (Å²) >= 11 is 0. The third-order valence-corrected chi connectivity index (χ3v) is 5.10. The lowest BCUT2D eigenvalue weighted by Gasteiger charge is -2.29. The van der Waals surface area contributed by atoms with E-state index in [0.717, 1.165) is 6.07 Å². The first-order valence-corrected chi connectivity index (χ1v) is 7.56. The minimum atomic E-state index is -3.69. The quantitative estimate of drug-likeness (QED) is 0.845. The van der Waals surface area contributed by atoms with Crippen molar-refractivity contribution in [2.24, 2.45) is 5.73 Å². The van der Waals surface area contributed by atoms with E-state index in [1.165, 1.54) is 16.4 Å². The second kappa shape index (κ2) is 5.54. The molecular formula is C12H17FN2O3S. The van der Waals surface area contributed by atoms with Crippen LogP contribution < -0.4 is 5.73 Å². The minimum Gasteiger partial charge on any atom is -0.392 e. The summed E-state index contributed by atoms with van der Waals surface area (Å²) in [7, 11) is -3.69. The number of benzene rings is 1. The Morgan fingerprint density at radius 2 is 2.21 bits per heavy atom. The van der Waals surface area contributed by atoms with Crippen LogP contribution in [0.15, 0.2) is 23.1 Å². The highest BCUT2D eigenvalue weighted by atomic mass is 32.2. The fourth-order valence-electron chi connectivity index (χ4n) is 2.16. The molecule has 19 heavy (non-hydrogen) atoms. The van der Waals surface area contributed by atoms with Gasteiger partial charge in [-0.1, -0.05) is 0 Å². The van der Waals surface area contributed by atoms with Gasteiger partial charge in [0, 0.05) is 25.2 Å². The van der Waals surface area contributed by atoms with Crippen LogP contribution in [0.3, 0.4) is 0 Å². The van der Waals surface area contributed by atoms with Crippen molar-refractivity contribution < 1.29 is 17.9 Å². The largest absolute Gasteiger partial charge is 0.392 e. The van der Waals surface area contributed by atoms with Crippen molar-refractivity contribution in [2.75, 3.05) is 13.1 Å². The molecule has 1 unspecified atom stereocenters. The zero-order chi connectivity index (χ0) is 14.0. The summed E-state index contributed by atoms with van der Waals surface area (Å²) < 4.78 is 39.3. The number of nitrogens with zero attached hydrogens (tertiary/aromatic N) is 1. The van der Waals surface area contributed by atoms with Gasteiger partial charge in [-0.3, -0.25) is 0 Å². The molecule has 0 aliphatic carbocycles. The normalized spacial score (nSPS) is 21.5. The fourth-order valence-corrected chi connectivity index (χ4v) is 3.72. The number of sulfonamides is 1. The van der Waals surface area contributed by atoms with Crippen molar-refractivity contribution in [3.63, 3.8) is 0 Å².